The quantitative estimate of drug-likeness (QED) is 0.797. The highest BCUT2D eigenvalue weighted by atomic mass is 19.4. The molecule has 0 spiro atoms. The molecule has 0 bridgehead atoms. The highest BCUT2D eigenvalue weighted by Crippen LogP contribution is 2.30. The third-order valence-corrected chi connectivity index (χ3v) is 4.90. The molecule has 1 atom stereocenters. The molecule has 1 saturated heterocycles. The van der Waals surface area contributed by atoms with Gasteiger partial charge in [0, 0.05) is 25.8 Å². The molecule has 28 heavy (non-hydrogen) atoms. The summed E-state index contributed by atoms with van der Waals surface area (Å²) in [5.74, 6) is 0. The van der Waals surface area contributed by atoms with Gasteiger partial charge >= 0.3 is 6.30 Å². The van der Waals surface area contributed by atoms with Gasteiger partial charge in [-0.25, -0.2) is 4.68 Å². The number of alkyl halides is 3. The van der Waals surface area contributed by atoms with Crippen LogP contribution in [-0.2, 0) is 24.4 Å². The molecule has 0 amide bonds. The van der Waals surface area contributed by atoms with Gasteiger partial charge in [-0.15, -0.1) is 5.10 Å². The van der Waals surface area contributed by atoms with Crippen molar-refractivity contribution in [1.82, 2.24) is 24.8 Å². The van der Waals surface area contributed by atoms with Gasteiger partial charge in [-0.1, -0.05) is 35.5 Å². The average Bonchev–Trinajstić information content (AvgIpc) is 3.06. The molecule has 3 heterocycles. The fourth-order valence-corrected chi connectivity index (χ4v) is 3.53. The lowest BCUT2D eigenvalue weighted by Crippen LogP contribution is -2.44. The van der Waals surface area contributed by atoms with Crippen LogP contribution in [0.25, 0.3) is 5.70 Å². The summed E-state index contributed by atoms with van der Waals surface area (Å²) in [6.07, 6.45) is -3.83. The second-order valence-corrected chi connectivity index (χ2v) is 6.96. The van der Waals surface area contributed by atoms with Crippen molar-refractivity contribution in [2.24, 2.45) is 5.73 Å². The first-order valence-electron chi connectivity index (χ1n) is 9.01. The van der Waals surface area contributed by atoms with Crippen LogP contribution in [0.2, 0.25) is 0 Å². The maximum Gasteiger partial charge on any atom is 0.484 e. The van der Waals surface area contributed by atoms with Crippen LogP contribution in [0.5, 0.6) is 0 Å². The zero-order valence-corrected chi connectivity index (χ0v) is 15.1. The van der Waals surface area contributed by atoms with Crippen molar-refractivity contribution in [3.63, 3.8) is 0 Å². The summed E-state index contributed by atoms with van der Waals surface area (Å²) in [5, 5.41) is 7.98. The van der Waals surface area contributed by atoms with Crippen LogP contribution in [-0.4, -0.2) is 56.9 Å². The lowest BCUT2D eigenvalue weighted by Gasteiger charge is -2.33. The largest absolute Gasteiger partial charge is 0.484 e. The number of rotatable bonds is 4. The van der Waals surface area contributed by atoms with Crippen molar-refractivity contribution in [1.29, 1.82) is 0 Å². The molecule has 2 N–H and O–H groups in total. The van der Waals surface area contributed by atoms with Crippen LogP contribution in [0, 0.1) is 0 Å². The van der Waals surface area contributed by atoms with Crippen molar-refractivity contribution in [2.45, 2.75) is 32.0 Å². The Hall–Kier alpha value is -2.59. The Kier molecular flexibility index (Phi) is 4.98. The summed E-state index contributed by atoms with van der Waals surface area (Å²) < 4.78 is 46.6. The van der Waals surface area contributed by atoms with Gasteiger partial charge in [0.15, 0.2) is 0 Å². The predicted octanol–water partition coefficient (Wildman–Crippen LogP) is 1.77. The second-order valence-electron chi connectivity index (χ2n) is 6.96. The van der Waals surface area contributed by atoms with E-state index in [1.54, 1.807) is 0 Å². The molecule has 0 radical (unpaired) electrons. The Labute approximate surface area is 160 Å². The van der Waals surface area contributed by atoms with Crippen LogP contribution < -0.4 is 5.73 Å². The number of benzene rings is 1. The predicted molar refractivity (Wildman–Crippen MR) is 95.2 cm³/mol. The fraction of sp³-hybridized carbons (Fsp3) is 0.444. The molecule has 2 aliphatic heterocycles. The molecule has 7 nitrogen and oxygen atoms in total. The molecular formula is C18H21F3N6O. The summed E-state index contributed by atoms with van der Waals surface area (Å²) in [4.78, 5) is 2.51. The summed E-state index contributed by atoms with van der Waals surface area (Å²) in [6.45, 7) is 2.79. The van der Waals surface area contributed by atoms with E-state index in [1.807, 2.05) is 18.2 Å². The number of hydrogen-bond donors (Lipinski definition) is 1. The van der Waals surface area contributed by atoms with E-state index < -0.39 is 6.30 Å². The highest BCUT2D eigenvalue weighted by molar-refractivity contribution is 5.62. The summed E-state index contributed by atoms with van der Waals surface area (Å²) >= 11 is 0. The summed E-state index contributed by atoms with van der Waals surface area (Å²) in [6, 6.07) is 10.1. The van der Waals surface area contributed by atoms with Crippen molar-refractivity contribution < 1.29 is 17.9 Å². The first kappa shape index (κ1) is 18.8. The lowest BCUT2D eigenvalue weighted by molar-refractivity contribution is -0.231. The molecule has 4 rings (SSSR count). The molecule has 0 saturated carbocycles. The third kappa shape index (κ3) is 3.97. The minimum atomic E-state index is -4.51. The maximum absolute atomic E-state index is 13.1. The van der Waals surface area contributed by atoms with E-state index in [4.69, 9.17) is 10.5 Å². The topological polar surface area (TPSA) is 72.4 Å². The zero-order valence-electron chi connectivity index (χ0n) is 15.1. The maximum atomic E-state index is 13.1. The van der Waals surface area contributed by atoms with E-state index in [1.165, 1.54) is 10.2 Å². The second kappa shape index (κ2) is 7.44. The number of aromatic nitrogens is 3. The van der Waals surface area contributed by atoms with E-state index in [0.717, 1.165) is 19.3 Å². The van der Waals surface area contributed by atoms with Gasteiger partial charge in [0.1, 0.15) is 5.69 Å². The van der Waals surface area contributed by atoms with E-state index in [-0.39, 0.29) is 23.2 Å². The number of morpholine rings is 1. The van der Waals surface area contributed by atoms with Gasteiger partial charge in [-0.2, -0.15) is 13.2 Å². The van der Waals surface area contributed by atoms with Gasteiger partial charge < -0.3 is 10.5 Å². The van der Waals surface area contributed by atoms with Crippen molar-refractivity contribution >= 4 is 5.70 Å². The average molecular weight is 394 g/mol. The normalized spacial score (nSPS) is 20.8. The van der Waals surface area contributed by atoms with E-state index >= 15 is 0 Å². The first-order chi connectivity index (χ1) is 13.4. The van der Waals surface area contributed by atoms with Crippen molar-refractivity contribution in [3.05, 3.63) is 53.5 Å². The molecule has 2 aromatic rings. The first-order valence-corrected chi connectivity index (χ1v) is 9.01. The van der Waals surface area contributed by atoms with Gasteiger partial charge in [0.2, 0.25) is 0 Å². The SMILES string of the molecule is NC1=CN(C(F)(F)F)Cc2c1nnn2CC1CN(Cc2ccccc2)CCO1. The third-order valence-electron chi connectivity index (χ3n) is 4.90. The molecule has 0 aliphatic carbocycles. The van der Waals surface area contributed by atoms with Crippen LogP contribution >= 0.6 is 0 Å². The molecule has 2 aliphatic rings. The molecule has 1 aromatic carbocycles. The van der Waals surface area contributed by atoms with Gasteiger partial charge in [-0.3, -0.25) is 9.80 Å². The van der Waals surface area contributed by atoms with Crippen LogP contribution in [0.15, 0.2) is 36.5 Å². The molecule has 1 fully saturated rings. The molecular weight excluding hydrogens is 373 g/mol. The molecule has 150 valence electrons. The highest BCUT2D eigenvalue weighted by Gasteiger charge is 2.39. The monoisotopic (exact) mass is 394 g/mol. The van der Waals surface area contributed by atoms with E-state index in [9.17, 15) is 13.2 Å². The van der Waals surface area contributed by atoms with Crippen LogP contribution in [0.4, 0.5) is 13.2 Å². The standard InChI is InChI=1S/C18H21F3N6O/c19-18(20,21)26-11-15(22)17-16(12-26)27(24-23-17)10-14-9-25(6-7-28-14)8-13-4-2-1-3-5-13/h1-5,11,14H,6-10,12,22H2. The number of fused-ring (bicyclic) bond motifs is 1. The van der Waals surface area contributed by atoms with Gasteiger partial charge in [0.05, 0.1) is 37.2 Å². The fourth-order valence-electron chi connectivity index (χ4n) is 3.53. The number of nitrogens with zero attached hydrogens (tertiary/aromatic N) is 5. The van der Waals surface area contributed by atoms with Gasteiger partial charge in [-0.05, 0) is 5.56 Å². The number of ether oxygens (including phenoxy) is 1. The molecule has 1 unspecified atom stereocenters. The Bertz CT molecular complexity index is 851. The van der Waals surface area contributed by atoms with E-state index in [0.29, 0.717) is 31.1 Å². The molecule has 10 heteroatoms. The van der Waals surface area contributed by atoms with Crippen molar-refractivity contribution in [3.8, 4) is 0 Å². The summed E-state index contributed by atoms with van der Waals surface area (Å²) in [5.41, 5.74) is 7.57. The zero-order chi connectivity index (χ0) is 19.7. The Morgan fingerprint density at radius 2 is 2.00 bits per heavy atom. The minimum Gasteiger partial charge on any atom is -0.396 e. The Balaban J connectivity index is 1.45. The van der Waals surface area contributed by atoms with Crippen LogP contribution in [0.1, 0.15) is 17.0 Å². The Morgan fingerprint density at radius 3 is 2.75 bits per heavy atom. The van der Waals surface area contributed by atoms with Crippen LogP contribution in [0.3, 0.4) is 0 Å². The van der Waals surface area contributed by atoms with E-state index in [2.05, 4.69) is 27.3 Å². The summed E-state index contributed by atoms with van der Waals surface area (Å²) in [7, 11) is 0. The van der Waals surface area contributed by atoms with Gasteiger partial charge in [0.25, 0.3) is 0 Å². The van der Waals surface area contributed by atoms with Crippen molar-refractivity contribution in [2.75, 3.05) is 19.7 Å². The molecule has 1 aromatic heterocycles. The smallest absolute Gasteiger partial charge is 0.396 e. The number of halogens is 3. The minimum absolute atomic E-state index is 0.0416. The Morgan fingerprint density at radius 1 is 1.21 bits per heavy atom. The number of nitrogens with two attached hydrogens (primary N) is 1. The number of hydrogen-bond acceptors (Lipinski definition) is 6. The lowest BCUT2D eigenvalue weighted by atomic mass is 10.1.